The fourth-order valence-electron chi connectivity index (χ4n) is 8.67. The number of furan rings is 1. The maximum Gasteiger partial charge on any atom is 0.149 e. The molecule has 1 N–H and O–H groups in total. The molecule has 0 fully saturated rings. The molecule has 5 nitrogen and oxygen atoms in total. The Labute approximate surface area is 335 Å². The van der Waals surface area contributed by atoms with Crippen molar-refractivity contribution in [1.82, 2.24) is 14.4 Å². The second kappa shape index (κ2) is 11.9. The first kappa shape index (κ1) is 35.5. The Kier molecular flexibility index (Phi) is 7.65. The zero-order valence-corrected chi connectivity index (χ0v) is 34.6. The number of phenolic OH excluding ortho intramolecular Hbond substituents is 1. The summed E-state index contributed by atoms with van der Waals surface area (Å²) in [7, 11) is 0. The van der Waals surface area contributed by atoms with Gasteiger partial charge in [-0.15, -0.1) is 29.3 Å². The normalized spacial score (nSPS) is 14.0. The molecule has 10 rings (SSSR count). The number of fused-ring (bicyclic) bond motifs is 5. The molecule has 1 aliphatic rings. The van der Waals surface area contributed by atoms with Crippen molar-refractivity contribution in [3.05, 3.63) is 125 Å². The molecule has 0 aliphatic heterocycles. The zero-order valence-electron chi connectivity index (χ0n) is 32.3. The molecule has 6 heteroatoms. The molecule has 4 heterocycles. The Morgan fingerprint density at radius 1 is 0.727 bits per heavy atom. The Morgan fingerprint density at radius 3 is 2.22 bits per heavy atom. The van der Waals surface area contributed by atoms with Crippen molar-refractivity contribution in [2.75, 3.05) is 0 Å². The second-order valence-corrected chi connectivity index (χ2v) is 17.7. The monoisotopic (exact) mass is 899 g/mol. The van der Waals surface area contributed by atoms with Crippen molar-refractivity contribution >= 4 is 55.5 Å². The molecule has 0 unspecified atom stereocenters. The van der Waals surface area contributed by atoms with Gasteiger partial charge >= 0.3 is 0 Å². The topological polar surface area (TPSA) is 63.6 Å². The first-order chi connectivity index (χ1) is 25.7. The summed E-state index contributed by atoms with van der Waals surface area (Å²) in [6.45, 7) is 17.6. The fourth-order valence-corrected chi connectivity index (χ4v) is 8.67. The summed E-state index contributed by atoms with van der Waals surface area (Å²) in [4.78, 5) is 10.4. The van der Waals surface area contributed by atoms with E-state index >= 15 is 0 Å². The van der Waals surface area contributed by atoms with Crippen LogP contribution in [0, 0.1) is 6.07 Å². The SMILES string of the molecule is CC(C)(C)c1cc(-c2cc(-c3ccccc3)ccn2)[c-]c(-c2cccc3c2nc2c4c(O)c(C(C)(C)C)cc5oc6ccc7c(c(n32)=CC7(C)C)c6c54)c1.[Pt]. The predicted molar refractivity (Wildman–Crippen MR) is 222 cm³/mol. The molecule has 0 spiro atoms. The summed E-state index contributed by atoms with van der Waals surface area (Å²) in [5.74, 6) is 0.251. The third kappa shape index (κ3) is 5.23. The van der Waals surface area contributed by atoms with Crippen LogP contribution in [-0.4, -0.2) is 19.5 Å². The van der Waals surface area contributed by atoms with Crippen LogP contribution in [0.4, 0.5) is 0 Å². The van der Waals surface area contributed by atoms with Gasteiger partial charge in [0.15, 0.2) is 0 Å². The summed E-state index contributed by atoms with van der Waals surface area (Å²) in [6.07, 6.45) is 4.24. The first-order valence-electron chi connectivity index (χ1n) is 18.8. The van der Waals surface area contributed by atoms with Crippen molar-refractivity contribution in [3.63, 3.8) is 0 Å². The van der Waals surface area contributed by atoms with E-state index in [9.17, 15) is 5.11 Å². The van der Waals surface area contributed by atoms with Crippen molar-refractivity contribution < 1.29 is 30.6 Å². The number of phenols is 1. The molecular formula is C49H42N3O2Pt-. The number of aromatic hydroxyl groups is 1. The van der Waals surface area contributed by atoms with E-state index in [-0.39, 0.29) is 43.1 Å². The number of imidazole rings is 1. The van der Waals surface area contributed by atoms with Crippen molar-refractivity contribution in [2.24, 2.45) is 0 Å². The molecule has 55 heavy (non-hydrogen) atoms. The fraction of sp³-hybridized carbons (Fsp3) is 0.224. The van der Waals surface area contributed by atoms with Gasteiger partial charge in [0.25, 0.3) is 0 Å². The first-order valence-corrected chi connectivity index (χ1v) is 18.8. The zero-order chi connectivity index (χ0) is 37.5. The molecule has 0 amide bonds. The third-order valence-corrected chi connectivity index (χ3v) is 11.5. The van der Waals surface area contributed by atoms with Crippen LogP contribution < -0.4 is 5.35 Å². The van der Waals surface area contributed by atoms with Crippen LogP contribution in [0.2, 0.25) is 0 Å². The molecule has 9 aromatic rings. The Morgan fingerprint density at radius 2 is 1.47 bits per heavy atom. The number of nitrogens with zero attached hydrogens (tertiary/aromatic N) is 3. The van der Waals surface area contributed by atoms with E-state index in [0.29, 0.717) is 5.65 Å². The van der Waals surface area contributed by atoms with Crippen molar-refractivity contribution in [3.8, 4) is 39.3 Å². The van der Waals surface area contributed by atoms with E-state index in [4.69, 9.17) is 14.4 Å². The largest absolute Gasteiger partial charge is 0.507 e. The van der Waals surface area contributed by atoms with Crippen LogP contribution in [0.1, 0.15) is 72.1 Å². The minimum absolute atomic E-state index is 0. The Balaban J connectivity index is 0.00000397. The van der Waals surface area contributed by atoms with E-state index in [0.717, 1.165) is 88.2 Å². The van der Waals surface area contributed by atoms with Crippen LogP contribution in [0.5, 0.6) is 5.75 Å². The summed E-state index contributed by atoms with van der Waals surface area (Å²) in [5, 5.41) is 17.3. The van der Waals surface area contributed by atoms with Crippen LogP contribution >= 0.6 is 0 Å². The minimum atomic E-state index is -0.335. The molecule has 0 atom stereocenters. The molecule has 5 aromatic carbocycles. The maximum absolute atomic E-state index is 12.4. The van der Waals surface area contributed by atoms with E-state index < -0.39 is 0 Å². The van der Waals surface area contributed by atoms with E-state index in [2.05, 4.69) is 151 Å². The van der Waals surface area contributed by atoms with Gasteiger partial charge in [-0.2, -0.15) is 0 Å². The number of hydrogen-bond donors (Lipinski definition) is 1. The van der Waals surface area contributed by atoms with Gasteiger partial charge in [0.1, 0.15) is 22.6 Å². The van der Waals surface area contributed by atoms with E-state index in [1.165, 1.54) is 11.1 Å². The quantitative estimate of drug-likeness (QED) is 0.179. The summed E-state index contributed by atoms with van der Waals surface area (Å²) >= 11 is 0. The van der Waals surface area contributed by atoms with Crippen LogP contribution in [-0.2, 0) is 37.3 Å². The number of rotatable bonds is 3. The molecule has 0 saturated heterocycles. The average Bonchev–Trinajstić information content (AvgIpc) is 3.76. The molecule has 0 radical (unpaired) electrons. The standard InChI is InChI=1S/C49H42N3O2.Pt/c1-47(2,3)31-22-29(21-30(23-31)35-24-28(19-20-50-35)27-13-10-9-11-14-27)32-15-12-16-36-44(32)51-46-43-42-39(25-34(45(43)53)48(4,5)6)54-38-18-17-33-40(41(38)42)37(52(36)46)26-49(33,7)8;/h9-20,22-26,53H,1-8H3;/q-1;. The van der Waals surface area contributed by atoms with Crippen LogP contribution in [0.3, 0.4) is 0 Å². The van der Waals surface area contributed by atoms with Crippen molar-refractivity contribution in [2.45, 2.75) is 71.6 Å². The average molecular weight is 900 g/mol. The number of para-hydroxylation sites is 1. The van der Waals surface area contributed by atoms with Gasteiger partial charge in [0.05, 0.1) is 21.8 Å². The number of benzene rings is 5. The Hall–Kier alpha value is -5.25. The van der Waals surface area contributed by atoms with Gasteiger partial charge < -0.3 is 9.52 Å². The van der Waals surface area contributed by atoms with Gasteiger partial charge in [-0.25, -0.2) is 4.98 Å². The van der Waals surface area contributed by atoms with E-state index in [1.54, 1.807) is 0 Å². The van der Waals surface area contributed by atoms with Gasteiger partial charge in [-0.3, -0.25) is 9.38 Å². The Bertz CT molecular complexity index is 3100. The summed E-state index contributed by atoms with van der Waals surface area (Å²) in [5.41, 5.74) is 12.7. The van der Waals surface area contributed by atoms with Crippen molar-refractivity contribution in [1.29, 1.82) is 0 Å². The van der Waals surface area contributed by atoms with Crippen LogP contribution in [0.15, 0.2) is 102 Å². The van der Waals surface area contributed by atoms with E-state index in [1.807, 2.05) is 18.3 Å². The molecule has 4 aromatic heterocycles. The van der Waals surface area contributed by atoms with Gasteiger partial charge in [-0.05, 0) is 57.9 Å². The molecule has 0 saturated carbocycles. The minimum Gasteiger partial charge on any atom is -0.507 e. The molecule has 276 valence electrons. The molecule has 1 aliphatic carbocycles. The second-order valence-electron chi connectivity index (χ2n) is 17.7. The van der Waals surface area contributed by atoms with Crippen LogP contribution in [0.25, 0.3) is 89.0 Å². The molecular weight excluding hydrogens is 858 g/mol. The third-order valence-electron chi connectivity index (χ3n) is 11.5. The van der Waals surface area contributed by atoms with Gasteiger partial charge in [0, 0.05) is 60.1 Å². The van der Waals surface area contributed by atoms with Gasteiger partial charge in [0.2, 0.25) is 0 Å². The number of hydrogen-bond acceptors (Lipinski definition) is 4. The smallest absolute Gasteiger partial charge is 0.149 e. The number of aromatic nitrogens is 3. The van der Waals surface area contributed by atoms with Gasteiger partial charge in [-0.1, -0.05) is 121 Å². The predicted octanol–water partition coefficient (Wildman–Crippen LogP) is 11.8. The molecule has 0 bridgehead atoms. The summed E-state index contributed by atoms with van der Waals surface area (Å²) < 4.78 is 8.92. The summed E-state index contributed by atoms with van der Waals surface area (Å²) in [6, 6.07) is 35.7. The number of pyridine rings is 1. The maximum atomic E-state index is 12.4.